The molecule has 0 saturated heterocycles. The van der Waals surface area contributed by atoms with E-state index in [1.54, 1.807) is 24.3 Å². The number of nitrogens with one attached hydrogen (secondary N) is 1. The maximum atomic E-state index is 11.2. The molecule has 0 heterocycles. The van der Waals surface area contributed by atoms with Gasteiger partial charge in [-0.1, -0.05) is 30.3 Å². The summed E-state index contributed by atoms with van der Waals surface area (Å²) in [4.78, 5) is 11.2. The van der Waals surface area contributed by atoms with Gasteiger partial charge in [0.2, 0.25) is 0 Å². The van der Waals surface area contributed by atoms with Crippen molar-refractivity contribution < 1.29 is 22.5 Å². The minimum Gasteiger partial charge on any atom is -0.445 e. The first-order valence-electron chi connectivity index (χ1n) is 4.83. The molecule has 1 aromatic rings. The molecule has 0 bridgehead atoms. The first-order chi connectivity index (χ1) is 7.89. The number of hydrogen-bond acceptors (Lipinski definition) is 4. The Morgan fingerprint density at radius 1 is 1.41 bits per heavy atom. The zero-order valence-electron chi connectivity index (χ0n) is 9.16. The van der Waals surface area contributed by atoms with E-state index < -0.39 is 21.6 Å². The Bertz CT molecular complexity index is 471. The highest BCUT2D eigenvalue weighted by molar-refractivity contribution is 7.86. The summed E-state index contributed by atoms with van der Waals surface area (Å²) in [6.07, 6.45) is -0.904. The van der Waals surface area contributed by atoms with Gasteiger partial charge in [0, 0.05) is 0 Å². The predicted molar refractivity (Wildman–Crippen MR) is 60.8 cm³/mol. The molecule has 0 aliphatic carbocycles. The molecule has 0 radical (unpaired) electrons. The van der Waals surface area contributed by atoms with E-state index in [0.717, 1.165) is 12.5 Å². The smallest absolute Gasteiger partial charge is 0.408 e. The molecular weight excluding hydrogens is 246 g/mol. The summed E-state index contributed by atoms with van der Waals surface area (Å²) in [6, 6.07) is 8.93. The van der Waals surface area contributed by atoms with Crippen molar-refractivity contribution in [3.05, 3.63) is 35.9 Å². The van der Waals surface area contributed by atoms with Crippen LogP contribution in [0.5, 0.6) is 0 Å². The highest BCUT2D eigenvalue weighted by Crippen LogP contribution is 2.01. The zero-order chi connectivity index (χ0) is 12.9. The van der Waals surface area contributed by atoms with Crippen molar-refractivity contribution in [2.75, 3.05) is 0 Å². The van der Waals surface area contributed by atoms with E-state index in [2.05, 4.69) is 0 Å². The molecule has 0 spiro atoms. The summed E-state index contributed by atoms with van der Waals surface area (Å²) < 4.78 is 34.6. The van der Waals surface area contributed by atoms with Crippen molar-refractivity contribution in [1.82, 2.24) is 5.32 Å². The lowest BCUT2D eigenvalue weighted by atomic mass is 10.2. The van der Waals surface area contributed by atoms with E-state index in [1.807, 2.05) is 11.4 Å². The van der Waals surface area contributed by atoms with Crippen LogP contribution < -0.4 is 5.32 Å². The second kappa shape index (κ2) is 5.65. The fraction of sp³-hybridized carbons (Fsp3) is 0.300. The Labute approximate surface area is 99.3 Å². The molecule has 1 aromatic carbocycles. The maximum absolute atomic E-state index is 11.2. The molecule has 1 amide bonds. The maximum Gasteiger partial charge on any atom is 0.408 e. The second-order valence-corrected chi connectivity index (χ2v) is 5.10. The van der Waals surface area contributed by atoms with Gasteiger partial charge in [0.25, 0.3) is 10.1 Å². The summed E-state index contributed by atoms with van der Waals surface area (Å²) in [5, 5.41) is 0.594. The number of carbonyl (C=O) groups excluding carboxylic acids is 1. The third-order valence-corrected chi connectivity index (χ3v) is 2.99. The van der Waals surface area contributed by atoms with Crippen LogP contribution in [0.2, 0.25) is 0 Å². The molecule has 0 saturated carbocycles. The van der Waals surface area contributed by atoms with E-state index in [0.29, 0.717) is 0 Å². The quantitative estimate of drug-likeness (QED) is 0.791. The van der Waals surface area contributed by atoms with Crippen LogP contribution in [0, 0.1) is 0 Å². The summed E-state index contributed by atoms with van der Waals surface area (Å²) in [7, 11) is -4.29. The number of alkyl carbamates (subject to hydrolysis) is 1. The standard InChI is InChI=1S/C10H13NO5S/c1-8(17(13,14)15)11-10(12)16-7-9-5-3-2-4-6-9/h2-6,8H,7H2,1H3,(H,11,12)(H,13,14,15). The summed E-state index contributed by atoms with van der Waals surface area (Å²) in [5.74, 6) is 0. The number of carbonyl (C=O) groups is 1. The first-order valence-corrected chi connectivity index (χ1v) is 6.33. The summed E-state index contributed by atoms with van der Waals surface area (Å²) in [5.41, 5.74) is 0.780. The molecule has 0 fully saturated rings. The SMILES string of the molecule is CC(NC(=O)OCc1ccccc1)S(=O)(=O)O. The zero-order valence-corrected chi connectivity index (χ0v) is 9.98. The molecule has 1 atom stereocenters. The highest BCUT2D eigenvalue weighted by Gasteiger charge is 2.19. The Kier molecular flexibility index (Phi) is 4.47. The van der Waals surface area contributed by atoms with Crippen LogP contribution in [-0.4, -0.2) is 24.4 Å². The molecule has 0 aromatic heterocycles. The Balaban J connectivity index is 2.41. The second-order valence-electron chi connectivity index (χ2n) is 3.36. The van der Waals surface area contributed by atoms with Gasteiger partial charge >= 0.3 is 6.09 Å². The van der Waals surface area contributed by atoms with Crippen LogP contribution in [0.1, 0.15) is 12.5 Å². The molecule has 0 aliphatic rings. The largest absolute Gasteiger partial charge is 0.445 e. The average molecular weight is 259 g/mol. The number of amides is 1. The lowest BCUT2D eigenvalue weighted by molar-refractivity contribution is 0.138. The van der Waals surface area contributed by atoms with Gasteiger partial charge in [-0.05, 0) is 12.5 Å². The topological polar surface area (TPSA) is 92.7 Å². The monoisotopic (exact) mass is 259 g/mol. The minimum absolute atomic E-state index is 0.0326. The van der Waals surface area contributed by atoms with Crippen LogP contribution in [0.3, 0.4) is 0 Å². The van der Waals surface area contributed by atoms with E-state index in [9.17, 15) is 13.2 Å². The van der Waals surface area contributed by atoms with Gasteiger partial charge in [-0.25, -0.2) is 4.79 Å². The van der Waals surface area contributed by atoms with E-state index in [-0.39, 0.29) is 6.61 Å². The van der Waals surface area contributed by atoms with Gasteiger partial charge in [0.15, 0.2) is 5.37 Å². The van der Waals surface area contributed by atoms with Crippen LogP contribution in [0.25, 0.3) is 0 Å². The number of rotatable bonds is 4. The Morgan fingerprint density at radius 3 is 2.53 bits per heavy atom. The van der Waals surface area contributed by atoms with Gasteiger partial charge in [-0.15, -0.1) is 0 Å². The fourth-order valence-corrected chi connectivity index (χ4v) is 1.25. The molecular formula is C10H13NO5S. The van der Waals surface area contributed by atoms with E-state index in [1.165, 1.54) is 0 Å². The molecule has 2 N–H and O–H groups in total. The normalized spacial score (nSPS) is 12.8. The van der Waals surface area contributed by atoms with Gasteiger partial charge in [0.05, 0.1) is 0 Å². The minimum atomic E-state index is -4.29. The number of benzene rings is 1. The van der Waals surface area contributed by atoms with Crippen molar-refractivity contribution in [3.63, 3.8) is 0 Å². The summed E-state index contributed by atoms with van der Waals surface area (Å²) >= 11 is 0. The fourth-order valence-electron chi connectivity index (χ4n) is 1.01. The summed E-state index contributed by atoms with van der Waals surface area (Å²) in [6.45, 7) is 1.17. The van der Waals surface area contributed by atoms with E-state index in [4.69, 9.17) is 9.29 Å². The number of ether oxygens (including phenoxy) is 1. The predicted octanol–water partition coefficient (Wildman–Crippen LogP) is 1.15. The molecule has 1 unspecified atom stereocenters. The molecule has 1 rings (SSSR count). The van der Waals surface area contributed by atoms with Gasteiger partial charge in [0.1, 0.15) is 6.61 Å². The molecule has 17 heavy (non-hydrogen) atoms. The first kappa shape index (κ1) is 13.5. The van der Waals surface area contributed by atoms with Gasteiger partial charge in [-0.2, -0.15) is 8.42 Å². The lowest BCUT2D eigenvalue weighted by Gasteiger charge is -2.11. The van der Waals surface area contributed by atoms with Gasteiger partial charge < -0.3 is 10.1 Å². The van der Waals surface area contributed by atoms with Crippen LogP contribution in [0.4, 0.5) is 4.79 Å². The van der Waals surface area contributed by atoms with Crippen molar-refractivity contribution in [3.8, 4) is 0 Å². The molecule has 0 aliphatic heterocycles. The molecule has 94 valence electrons. The Morgan fingerprint density at radius 2 is 2.00 bits per heavy atom. The van der Waals surface area contributed by atoms with Crippen molar-refractivity contribution in [2.24, 2.45) is 0 Å². The molecule has 6 nitrogen and oxygen atoms in total. The van der Waals surface area contributed by atoms with Crippen molar-refractivity contribution in [2.45, 2.75) is 18.9 Å². The molecule has 7 heteroatoms. The lowest BCUT2D eigenvalue weighted by Crippen LogP contribution is -2.38. The highest BCUT2D eigenvalue weighted by atomic mass is 32.2. The van der Waals surface area contributed by atoms with Crippen LogP contribution >= 0.6 is 0 Å². The van der Waals surface area contributed by atoms with Gasteiger partial charge in [-0.3, -0.25) is 4.55 Å². The van der Waals surface area contributed by atoms with Crippen LogP contribution in [0.15, 0.2) is 30.3 Å². The number of hydrogen-bond donors (Lipinski definition) is 2. The third-order valence-electron chi connectivity index (χ3n) is 1.98. The van der Waals surface area contributed by atoms with Crippen molar-refractivity contribution in [1.29, 1.82) is 0 Å². The van der Waals surface area contributed by atoms with E-state index >= 15 is 0 Å². The third kappa shape index (κ3) is 4.83. The van der Waals surface area contributed by atoms with Crippen molar-refractivity contribution >= 4 is 16.2 Å². The Hall–Kier alpha value is -1.60. The average Bonchev–Trinajstić information content (AvgIpc) is 2.26. The van der Waals surface area contributed by atoms with Crippen LogP contribution in [-0.2, 0) is 21.5 Å².